The van der Waals surface area contributed by atoms with E-state index < -0.39 is 9.84 Å². The molecule has 1 aromatic carbocycles. The Hall–Kier alpha value is -2.41. The normalized spacial score (nSPS) is 11.7. The van der Waals surface area contributed by atoms with Crippen LogP contribution >= 0.6 is 0 Å². The number of imidazole rings is 1. The lowest BCUT2D eigenvalue weighted by Crippen LogP contribution is -2.12. The molecule has 2 heterocycles. The number of rotatable bonds is 5. The van der Waals surface area contributed by atoms with Crippen molar-refractivity contribution in [2.45, 2.75) is 31.2 Å². The van der Waals surface area contributed by atoms with E-state index in [9.17, 15) is 8.42 Å². The highest BCUT2D eigenvalue weighted by atomic mass is 32.2. The van der Waals surface area contributed by atoms with Crippen molar-refractivity contribution in [3.8, 4) is 5.69 Å². The van der Waals surface area contributed by atoms with E-state index in [0.717, 1.165) is 11.3 Å². The standard InChI is InChI=1S/C16H17N3O3S/c1-3-14-10-18-15(22-14)11-23(20,21)16-17-7-8-19(16)13-6-4-5-12(2)9-13/h4-10H,3,11H2,1-2H3. The van der Waals surface area contributed by atoms with Crippen LogP contribution in [-0.2, 0) is 22.0 Å². The number of hydrogen-bond acceptors (Lipinski definition) is 5. The first kappa shape index (κ1) is 15.5. The predicted octanol–water partition coefficient (Wildman–Crippen LogP) is 2.71. The number of benzene rings is 1. The van der Waals surface area contributed by atoms with Gasteiger partial charge in [0.25, 0.3) is 0 Å². The van der Waals surface area contributed by atoms with Crippen molar-refractivity contribution in [3.63, 3.8) is 0 Å². The summed E-state index contributed by atoms with van der Waals surface area (Å²) >= 11 is 0. The molecule has 0 amide bonds. The molecular formula is C16H17N3O3S. The van der Waals surface area contributed by atoms with Crippen molar-refractivity contribution in [2.24, 2.45) is 0 Å². The lowest BCUT2D eigenvalue weighted by molar-refractivity contribution is 0.470. The van der Waals surface area contributed by atoms with Crippen molar-refractivity contribution in [1.82, 2.24) is 14.5 Å². The molecule has 0 bridgehead atoms. The molecule has 23 heavy (non-hydrogen) atoms. The molecule has 0 saturated heterocycles. The maximum Gasteiger partial charge on any atom is 0.232 e. The molecule has 0 saturated carbocycles. The molecule has 6 nitrogen and oxygen atoms in total. The van der Waals surface area contributed by atoms with Gasteiger partial charge in [-0.05, 0) is 24.6 Å². The van der Waals surface area contributed by atoms with E-state index in [0.29, 0.717) is 12.2 Å². The first-order chi connectivity index (χ1) is 11.0. The number of nitrogens with zero attached hydrogens (tertiary/aromatic N) is 3. The Bertz CT molecular complexity index is 925. The van der Waals surface area contributed by atoms with Crippen LogP contribution in [0.25, 0.3) is 5.69 Å². The molecule has 0 radical (unpaired) electrons. The summed E-state index contributed by atoms with van der Waals surface area (Å²) in [6.07, 6.45) is 5.33. The zero-order valence-electron chi connectivity index (χ0n) is 12.9. The Morgan fingerprint density at radius 1 is 1.26 bits per heavy atom. The highest BCUT2D eigenvalue weighted by Gasteiger charge is 2.24. The Morgan fingerprint density at radius 3 is 2.78 bits per heavy atom. The van der Waals surface area contributed by atoms with E-state index in [4.69, 9.17) is 4.42 Å². The minimum absolute atomic E-state index is 0.0145. The molecule has 0 N–H and O–H groups in total. The van der Waals surface area contributed by atoms with Gasteiger partial charge in [0.05, 0.1) is 6.20 Å². The van der Waals surface area contributed by atoms with Gasteiger partial charge in [0.2, 0.25) is 20.9 Å². The maximum atomic E-state index is 12.7. The maximum absolute atomic E-state index is 12.7. The Morgan fingerprint density at radius 2 is 2.09 bits per heavy atom. The van der Waals surface area contributed by atoms with Gasteiger partial charge in [-0.1, -0.05) is 19.1 Å². The molecule has 0 spiro atoms. The summed E-state index contributed by atoms with van der Waals surface area (Å²) in [5, 5.41) is -0.0145. The number of sulfone groups is 1. The van der Waals surface area contributed by atoms with Gasteiger partial charge in [0, 0.05) is 24.5 Å². The van der Waals surface area contributed by atoms with Gasteiger partial charge in [-0.2, -0.15) is 0 Å². The smallest absolute Gasteiger partial charge is 0.232 e. The van der Waals surface area contributed by atoms with Crippen molar-refractivity contribution in [3.05, 3.63) is 60.1 Å². The summed E-state index contributed by atoms with van der Waals surface area (Å²) in [6, 6.07) is 7.57. The molecule has 2 aromatic heterocycles. The van der Waals surface area contributed by atoms with Crippen LogP contribution in [0.4, 0.5) is 0 Å². The third-order valence-electron chi connectivity index (χ3n) is 3.43. The topological polar surface area (TPSA) is 78.0 Å². The quantitative estimate of drug-likeness (QED) is 0.718. The van der Waals surface area contributed by atoms with E-state index in [1.54, 1.807) is 17.0 Å². The fourth-order valence-electron chi connectivity index (χ4n) is 2.30. The first-order valence-corrected chi connectivity index (χ1v) is 8.91. The van der Waals surface area contributed by atoms with E-state index in [-0.39, 0.29) is 16.8 Å². The third kappa shape index (κ3) is 3.19. The summed E-state index contributed by atoms with van der Waals surface area (Å²) in [5.41, 5.74) is 1.79. The summed E-state index contributed by atoms with van der Waals surface area (Å²) in [5.74, 6) is 0.536. The summed E-state index contributed by atoms with van der Waals surface area (Å²) < 4.78 is 32.3. The van der Waals surface area contributed by atoms with E-state index in [1.165, 1.54) is 6.20 Å². The van der Waals surface area contributed by atoms with Crippen LogP contribution < -0.4 is 0 Å². The number of aryl methyl sites for hydroxylation is 2. The summed E-state index contributed by atoms with van der Waals surface area (Å²) in [4.78, 5) is 8.04. The van der Waals surface area contributed by atoms with Crippen molar-refractivity contribution >= 4 is 9.84 Å². The monoisotopic (exact) mass is 331 g/mol. The Kier molecular flexibility index (Phi) is 4.04. The van der Waals surface area contributed by atoms with Gasteiger partial charge in [-0.3, -0.25) is 4.57 Å². The van der Waals surface area contributed by atoms with Crippen molar-refractivity contribution < 1.29 is 12.8 Å². The van der Waals surface area contributed by atoms with E-state index in [2.05, 4.69) is 9.97 Å². The molecule has 120 valence electrons. The number of oxazole rings is 1. The highest BCUT2D eigenvalue weighted by molar-refractivity contribution is 7.90. The minimum Gasteiger partial charge on any atom is -0.445 e. The lowest BCUT2D eigenvalue weighted by Gasteiger charge is -2.08. The zero-order chi connectivity index (χ0) is 16.4. The van der Waals surface area contributed by atoms with Crippen LogP contribution in [0.5, 0.6) is 0 Å². The van der Waals surface area contributed by atoms with Crippen LogP contribution in [0.2, 0.25) is 0 Å². The molecule has 0 atom stereocenters. The number of aromatic nitrogens is 3. The summed E-state index contributed by atoms with van der Waals surface area (Å²) in [7, 11) is -3.66. The SMILES string of the molecule is CCc1cnc(CS(=O)(=O)c2nccn2-c2cccc(C)c2)o1. The largest absolute Gasteiger partial charge is 0.445 e. The van der Waals surface area contributed by atoms with Crippen molar-refractivity contribution in [1.29, 1.82) is 0 Å². The van der Waals surface area contributed by atoms with Crippen LogP contribution in [-0.4, -0.2) is 23.0 Å². The zero-order valence-corrected chi connectivity index (χ0v) is 13.7. The van der Waals surface area contributed by atoms with Gasteiger partial charge in [-0.25, -0.2) is 18.4 Å². The molecular weight excluding hydrogens is 314 g/mol. The van der Waals surface area contributed by atoms with Crippen LogP contribution in [0.3, 0.4) is 0 Å². The van der Waals surface area contributed by atoms with E-state index >= 15 is 0 Å². The molecule has 0 fully saturated rings. The van der Waals surface area contributed by atoms with Crippen LogP contribution in [0.1, 0.15) is 24.1 Å². The van der Waals surface area contributed by atoms with Gasteiger partial charge in [0.1, 0.15) is 11.5 Å². The van der Waals surface area contributed by atoms with Gasteiger partial charge in [0.15, 0.2) is 0 Å². The van der Waals surface area contributed by atoms with Gasteiger partial charge >= 0.3 is 0 Å². The second-order valence-corrected chi connectivity index (χ2v) is 7.14. The fraction of sp³-hybridized carbons (Fsp3) is 0.250. The first-order valence-electron chi connectivity index (χ1n) is 7.26. The lowest BCUT2D eigenvalue weighted by atomic mass is 10.2. The second kappa shape index (κ2) is 6.00. The Balaban J connectivity index is 1.96. The van der Waals surface area contributed by atoms with Crippen LogP contribution in [0, 0.1) is 6.92 Å². The highest BCUT2D eigenvalue weighted by Crippen LogP contribution is 2.20. The van der Waals surface area contributed by atoms with Crippen LogP contribution in [0.15, 0.2) is 52.4 Å². The van der Waals surface area contributed by atoms with E-state index in [1.807, 2.05) is 38.1 Å². The number of hydrogen-bond donors (Lipinski definition) is 0. The molecule has 7 heteroatoms. The molecule has 0 aliphatic carbocycles. The molecule has 3 aromatic rings. The average molecular weight is 331 g/mol. The summed E-state index contributed by atoms with van der Waals surface area (Å²) in [6.45, 7) is 3.87. The van der Waals surface area contributed by atoms with Gasteiger partial charge < -0.3 is 4.42 Å². The Labute approximate surface area is 134 Å². The third-order valence-corrected chi connectivity index (χ3v) is 4.91. The average Bonchev–Trinajstić information content (AvgIpc) is 3.15. The second-order valence-electron chi connectivity index (χ2n) is 5.25. The molecule has 0 unspecified atom stereocenters. The molecule has 3 rings (SSSR count). The molecule has 0 aliphatic rings. The fourth-order valence-corrected chi connectivity index (χ4v) is 3.57. The minimum atomic E-state index is -3.66. The van der Waals surface area contributed by atoms with Crippen molar-refractivity contribution in [2.75, 3.05) is 0 Å². The van der Waals surface area contributed by atoms with Gasteiger partial charge in [-0.15, -0.1) is 0 Å². The molecule has 0 aliphatic heterocycles. The predicted molar refractivity (Wildman–Crippen MR) is 85.1 cm³/mol.